The van der Waals surface area contributed by atoms with Crippen molar-refractivity contribution >= 4 is 5.82 Å². The van der Waals surface area contributed by atoms with Gasteiger partial charge in [-0.15, -0.1) is 0 Å². The van der Waals surface area contributed by atoms with Crippen LogP contribution in [0.3, 0.4) is 0 Å². The molecule has 0 atom stereocenters. The summed E-state index contributed by atoms with van der Waals surface area (Å²) in [6, 6.07) is 1.97. The average molecular weight is 214 g/mol. The van der Waals surface area contributed by atoms with E-state index >= 15 is 0 Å². The predicted octanol–water partition coefficient (Wildman–Crippen LogP) is 1.95. The molecule has 0 spiro atoms. The van der Waals surface area contributed by atoms with E-state index in [2.05, 4.69) is 15.3 Å². The third-order valence-electron chi connectivity index (χ3n) is 3.72. The first-order chi connectivity index (χ1) is 7.82. The van der Waals surface area contributed by atoms with Crippen molar-refractivity contribution in [1.82, 2.24) is 9.97 Å². The third kappa shape index (κ3) is 1.73. The molecule has 2 aliphatic carbocycles. The fraction of sp³-hybridized carbons (Fsp3) is 0.583. The second kappa shape index (κ2) is 3.44. The molecule has 16 heavy (non-hydrogen) atoms. The molecule has 2 saturated carbocycles. The van der Waals surface area contributed by atoms with Crippen LogP contribution in [0, 0.1) is 22.7 Å². The Morgan fingerprint density at radius 2 is 2.19 bits per heavy atom. The molecule has 0 unspecified atom stereocenters. The summed E-state index contributed by atoms with van der Waals surface area (Å²) in [4.78, 5) is 8.16. The fourth-order valence-corrected chi connectivity index (χ4v) is 2.33. The van der Waals surface area contributed by atoms with Crippen molar-refractivity contribution in [1.29, 1.82) is 5.26 Å². The number of nitrogens with one attached hydrogen (secondary N) is 1. The van der Waals surface area contributed by atoms with Gasteiger partial charge < -0.3 is 5.32 Å². The number of hydrogen-bond donors (Lipinski definition) is 1. The molecule has 0 amide bonds. The van der Waals surface area contributed by atoms with Gasteiger partial charge in [0, 0.05) is 6.54 Å². The first-order valence-corrected chi connectivity index (χ1v) is 5.78. The Labute approximate surface area is 94.7 Å². The highest BCUT2D eigenvalue weighted by Crippen LogP contribution is 2.61. The number of nitriles is 1. The summed E-state index contributed by atoms with van der Waals surface area (Å²) in [6.07, 6.45) is 8.67. The van der Waals surface area contributed by atoms with Crippen LogP contribution in [0.15, 0.2) is 12.4 Å². The number of anilines is 1. The third-order valence-corrected chi connectivity index (χ3v) is 3.72. The lowest BCUT2D eigenvalue weighted by Crippen LogP contribution is -2.18. The van der Waals surface area contributed by atoms with Crippen molar-refractivity contribution in [3.8, 4) is 6.07 Å². The minimum absolute atomic E-state index is 0.369. The number of nitrogens with zero attached hydrogens (tertiary/aromatic N) is 3. The van der Waals surface area contributed by atoms with Crippen LogP contribution in [0.4, 0.5) is 5.82 Å². The maximum atomic E-state index is 8.61. The van der Waals surface area contributed by atoms with E-state index in [1.807, 2.05) is 6.07 Å². The molecular formula is C12H14N4. The highest BCUT2D eigenvalue weighted by atomic mass is 15.0. The maximum absolute atomic E-state index is 8.61. The zero-order valence-electron chi connectivity index (χ0n) is 9.11. The standard InChI is InChI=1S/C12H14N4/c13-5-10-6-15-11(7-14-10)16-8-12(3-4-12)9-1-2-9/h6-7,9H,1-4,8H2,(H,15,16). The van der Waals surface area contributed by atoms with Crippen LogP contribution >= 0.6 is 0 Å². The molecule has 0 aliphatic heterocycles. The minimum atomic E-state index is 0.369. The van der Waals surface area contributed by atoms with Gasteiger partial charge in [0.25, 0.3) is 0 Å². The Balaban J connectivity index is 1.60. The van der Waals surface area contributed by atoms with Gasteiger partial charge in [0.05, 0.1) is 12.4 Å². The van der Waals surface area contributed by atoms with Crippen LogP contribution in [0.5, 0.6) is 0 Å². The fourth-order valence-electron chi connectivity index (χ4n) is 2.33. The normalized spacial score (nSPS) is 21.2. The lowest BCUT2D eigenvalue weighted by molar-refractivity contribution is 0.466. The van der Waals surface area contributed by atoms with Crippen molar-refractivity contribution in [3.05, 3.63) is 18.1 Å². The van der Waals surface area contributed by atoms with Gasteiger partial charge in [0.15, 0.2) is 5.69 Å². The van der Waals surface area contributed by atoms with Crippen LogP contribution in [0.1, 0.15) is 31.4 Å². The molecule has 4 heteroatoms. The van der Waals surface area contributed by atoms with E-state index in [1.165, 1.54) is 31.9 Å². The van der Waals surface area contributed by atoms with Crippen LogP contribution in [-0.2, 0) is 0 Å². The highest BCUT2D eigenvalue weighted by molar-refractivity contribution is 5.34. The first-order valence-electron chi connectivity index (χ1n) is 5.78. The van der Waals surface area contributed by atoms with Gasteiger partial charge in [-0.25, -0.2) is 9.97 Å². The summed E-state index contributed by atoms with van der Waals surface area (Å²) in [5, 5.41) is 11.9. The number of hydrogen-bond acceptors (Lipinski definition) is 4. The molecule has 2 aliphatic rings. The Morgan fingerprint density at radius 3 is 2.69 bits per heavy atom. The van der Waals surface area contributed by atoms with Crippen molar-refractivity contribution in [2.75, 3.05) is 11.9 Å². The van der Waals surface area contributed by atoms with Gasteiger partial charge in [-0.2, -0.15) is 5.26 Å². The van der Waals surface area contributed by atoms with E-state index in [0.717, 1.165) is 18.3 Å². The molecule has 82 valence electrons. The van der Waals surface area contributed by atoms with Crippen LogP contribution < -0.4 is 5.32 Å². The SMILES string of the molecule is N#Cc1cnc(NCC2(C3CC3)CC2)cn1. The number of aromatic nitrogens is 2. The Hall–Kier alpha value is -1.63. The molecule has 3 rings (SSSR count). The molecule has 0 bridgehead atoms. The maximum Gasteiger partial charge on any atom is 0.158 e. The van der Waals surface area contributed by atoms with Gasteiger partial charge in [0.1, 0.15) is 11.9 Å². The molecule has 1 heterocycles. The molecule has 1 aromatic heterocycles. The van der Waals surface area contributed by atoms with Gasteiger partial charge in [0.2, 0.25) is 0 Å². The molecule has 4 nitrogen and oxygen atoms in total. The molecule has 0 radical (unpaired) electrons. The van der Waals surface area contributed by atoms with E-state index in [4.69, 9.17) is 5.26 Å². The second-order valence-electron chi connectivity index (χ2n) is 4.89. The van der Waals surface area contributed by atoms with Crippen LogP contribution in [0.2, 0.25) is 0 Å². The molecule has 0 aromatic carbocycles. The predicted molar refractivity (Wildman–Crippen MR) is 59.6 cm³/mol. The molecular weight excluding hydrogens is 200 g/mol. The summed E-state index contributed by atoms with van der Waals surface area (Å²) in [5.41, 5.74) is 0.934. The highest BCUT2D eigenvalue weighted by Gasteiger charge is 2.53. The van der Waals surface area contributed by atoms with Gasteiger partial charge in [-0.05, 0) is 37.0 Å². The van der Waals surface area contributed by atoms with Crippen molar-refractivity contribution in [3.63, 3.8) is 0 Å². The summed E-state index contributed by atoms with van der Waals surface area (Å²) in [5.74, 6) is 1.73. The molecule has 0 saturated heterocycles. The lowest BCUT2D eigenvalue weighted by atomic mass is 10.0. The van der Waals surface area contributed by atoms with Crippen LogP contribution in [-0.4, -0.2) is 16.5 Å². The topological polar surface area (TPSA) is 61.6 Å². The largest absolute Gasteiger partial charge is 0.368 e. The lowest BCUT2D eigenvalue weighted by Gasteiger charge is -2.14. The molecule has 1 aromatic rings. The Bertz CT molecular complexity index is 423. The quantitative estimate of drug-likeness (QED) is 0.832. The van der Waals surface area contributed by atoms with Gasteiger partial charge in [-0.1, -0.05) is 0 Å². The zero-order chi connectivity index (χ0) is 11.0. The Kier molecular flexibility index (Phi) is 2.06. The monoisotopic (exact) mass is 214 g/mol. The molecule has 2 fully saturated rings. The summed E-state index contributed by atoms with van der Waals surface area (Å²) < 4.78 is 0. The zero-order valence-corrected chi connectivity index (χ0v) is 9.11. The smallest absolute Gasteiger partial charge is 0.158 e. The average Bonchev–Trinajstić information content (AvgIpc) is 3.17. The summed E-state index contributed by atoms with van der Waals surface area (Å²) in [7, 11) is 0. The van der Waals surface area contributed by atoms with E-state index in [-0.39, 0.29) is 0 Å². The van der Waals surface area contributed by atoms with Crippen molar-refractivity contribution < 1.29 is 0 Å². The summed E-state index contributed by atoms with van der Waals surface area (Å²) >= 11 is 0. The van der Waals surface area contributed by atoms with E-state index in [0.29, 0.717) is 11.1 Å². The van der Waals surface area contributed by atoms with Crippen LogP contribution in [0.25, 0.3) is 0 Å². The first kappa shape index (κ1) is 9.59. The van der Waals surface area contributed by atoms with Crippen molar-refractivity contribution in [2.45, 2.75) is 25.7 Å². The minimum Gasteiger partial charge on any atom is -0.368 e. The van der Waals surface area contributed by atoms with E-state index in [1.54, 1.807) is 6.20 Å². The molecule has 1 N–H and O–H groups in total. The van der Waals surface area contributed by atoms with Gasteiger partial charge >= 0.3 is 0 Å². The van der Waals surface area contributed by atoms with E-state index in [9.17, 15) is 0 Å². The van der Waals surface area contributed by atoms with Gasteiger partial charge in [-0.3, -0.25) is 0 Å². The van der Waals surface area contributed by atoms with Crippen molar-refractivity contribution in [2.24, 2.45) is 11.3 Å². The second-order valence-corrected chi connectivity index (χ2v) is 4.89. The number of rotatable bonds is 4. The van der Waals surface area contributed by atoms with E-state index < -0.39 is 0 Å². The Morgan fingerprint density at radius 1 is 1.38 bits per heavy atom. The summed E-state index contributed by atoms with van der Waals surface area (Å²) in [6.45, 7) is 1.01.